The summed E-state index contributed by atoms with van der Waals surface area (Å²) >= 11 is 3.29. The Labute approximate surface area is 126 Å². The topological polar surface area (TPSA) is 55.9 Å². The van der Waals surface area contributed by atoms with Gasteiger partial charge in [-0.05, 0) is 47.8 Å². The van der Waals surface area contributed by atoms with Gasteiger partial charge in [0.05, 0.1) is 16.2 Å². The molecule has 0 aliphatic heterocycles. The highest BCUT2D eigenvalue weighted by Crippen LogP contribution is 2.28. The quantitative estimate of drug-likeness (QED) is 0.664. The largest absolute Gasteiger partial charge is 0.272 e. The third-order valence-electron chi connectivity index (χ3n) is 3.57. The maximum atomic E-state index is 13.6. The zero-order valence-electron chi connectivity index (χ0n) is 11.7. The third kappa shape index (κ3) is 2.77. The summed E-state index contributed by atoms with van der Waals surface area (Å²) in [5.74, 6) is 5.43. The van der Waals surface area contributed by atoms with Gasteiger partial charge in [-0.3, -0.25) is 16.0 Å². The zero-order chi connectivity index (χ0) is 14.9. The Hall–Kier alpha value is -1.24. The lowest BCUT2D eigenvalue weighted by Gasteiger charge is -2.18. The number of halogens is 2. The molecule has 0 amide bonds. The summed E-state index contributed by atoms with van der Waals surface area (Å²) in [4.78, 5) is 0. The smallest absolute Gasteiger partial charge is 0.137 e. The number of benzene rings is 1. The minimum atomic E-state index is -0.266. The van der Waals surface area contributed by atoms with Gasteiger partial charge in [0.15, 0.2) is 0 Å². The second-order valence-electron chi connectivity index (χ2n) is 4.84. The molecule has 2 rings (SSSR count). The SMILES string of the molecule is Cc1nn(C)c(C)c1C(Cc1cccc(F)c1Br)NN. The van der Waals surface area contributed by atoms with Crippen molar-refractivity contribution in [3.63, 3.8) is 0 Å². The molecule has 1 aromatic carbocycles. The van der Waals surface area contributed by atoms with E-state index in [4.69, 9.17) is 5.84 Å². The summed E-state index contributed by atoms with van der Waals surface area (Å²) in [5.41, 5.74) is 6.73. The summed E-state index contributed by atoms with van der Waals surface area (Å²) < 4.78 is 15.9. The van der Waals surface area contributed by atoms with Gasteiger partial charge in [0, 0.05) is 18.3 Å². The van der Waals surface area contributed by atoms with E-state index in [1.807, 2.05) is 31.6 Å². The summed E-state index contributed by atoms with van der Waals surface area (Å²) in [5, 5.41) is 4.40. The predicted octanol–water partition coefficient (Wildman–Crippen LogP) is 2.69. The molecule has 3 N–H and O–H groups in total. The minimum absolute atomic E-state index is 0.109. The third-order valence-corrected chi connectivity index (χ3v) is 4.46. The van der Waals surface area contributed by atoms with Gasteiger partial charge in [0.25, 0.3) is 0 Å². The van der Waals surface area contributed by atoms with Crippen molar-refractivity contribution in [2.24, 2.45) is 12.9 Å². The minimum Gasteiger partial charge on any atom is -0.272 e. The Balaban J connectivity index is 2.36. The fourth-order valence-corrected chi connectivity index (χ4v) is 2.89. The van der Waals surface area contributed by atoms with Crippen LogP contribution in [0.15, 0.2) is 22.7 Å². The van der Waals surface area contributed by atoms with Crippen LogP contribution in [0.5, 0.6) is 0 Å². The summed E-state index contributed by atoms with van der Waals surface area (Å²) in [6.45, 7) is 3.95. The molecule has 0 aliphatic carbocycles. The second-order valence-corrected chi connectivity index (χ2v) is 5.64. The van der Waals surface area contributed by atoms with Crippen molar-refractivity contribution in [3.05, 3.63) is 51.0 Å². The molecule has 0 saturated heterocycles. The van der Waals surface area contributed by atoms with E-state index >= 15 is 0 Å². The molecule has 2 aromatic rings. The first-order chi connectivity index (χ1) is 9.45. The Morgan fingerprint density at radius 3 is 2.70 bits per heavy atom. The van der Waals surface area contributed by atoms with Gasteiger partial charge in [0.2, 0.25) is 0 Å². The molecule has 1 aromatic heterocycles. The predicted molar refractivity (Wildman–Crippen MR) is 80.6 cm³/mol. The second kappa shape index (κ2) is 6.03. The number of nitrogens with one attached hydrogen (secondary N) is 1. The van der Waals surface area contributed by atoms with Crippen LogP contribution in [0.4, 0.5) is 4.39 Å². The van der Waals surface area contributed by atoms with Crippen molar-refractivity contribution in [1.82, 2.24) is 15.2 Å². The Kier molecular flexibility index (Phi) is 4.57. The average molecular weight is 341 g/mol. The lowest BCUT2D eigenvalue weighted by atomic mass is 9.98. The first kappa shape index (κ1) is 15.2. The number of rotatable bonds is 4. The van der Waals surface area contributed by atoms with E-state index in [0.717, 1.165) is 22.5 Å². The van der Waals surface area contributed by atoms with Crippen LogP contribution < -0.4 is 11.3 Å². The number of aromatic nitrogens is 2. The van der Waals surface area contributed by atoms with Crippen LogP contribution in [0.3, 0.4) is 0 Å². The first-order valence-corrected chi connectivity index (χ1v) is 7.14. The van der Waals surface area contributed by atoms with Crippen LogP contribution in [0.1, 0.15) is 28.6 Å². The first-order valence-electron chi connectivity index (χ1n) is 6.34. The van der Waals surface area contributed by atoms with Gasteiger partial charge in [-0.25, -0.2) is 4.39 Å². The van der Waals surface area contributed by atoms with Crippen LogP contribution in [-0.4, -0.2) is 9.78 Å². The fraction of sp³-hybridized carbons (Fsp3) is 0.357. The van der Waals surface area contributed by atoms with Crippen molar-refractivity contribution in [2.75, 3.05) is 0 Å². The van der Waals surface area contributed by atoms with Crippen LogP contribution >= 0.6 is 15.9 Å². The number of hydrogen-bond donors (Lipinski definition) is 2. The molecule has 0 fully saturated rings. The zero-order valence-corrected chi connectivity index (χ0v) is 13.3. The molecule has 20 heavy (non-hydrogen) atoms. The number of nitrogens with zero attached hydrogens (tertiary/aromatic N) is 2. The standard InChI is InChI=1S/C14H18BrFN4/c1-8-13(9(2)20(3)19-8)12(18-17)7-10-5-4-6-11(16)14(10)15/h4-6,12,18H,7,17H2,1-3H3. The number of hydrazine groups is 1. The molecule has 6 heteroatoms. The molecule has 108 valence electrons. The van der Waals surface area contributed by atoms with E-state index in [9.17, 15) is 4.39 Å². The van der Waals surface area contributed by atoms with E-state index in [1.54, 1.807) is 6.07 Å². The number of hydrogen-bond acceptors (Lipinski definition) is 3. The molecule has 0 saturated carbocycles. The fourth-order valence-electron chi connectivity index (χ4n) is 2.46. The maximum Gasteiger partial charge on any atom is 0.137 e. The average Bonchev–Trinajstić information content (AvgIpc) is 2.66. The molecule has 1 heterocycles. The van der Waals surface area contributed by atoms with Crippen LogP contribution in [0.25, 0.3) is 0 Å². The number of nitrogens with two attached hydrogens (primary N) is 1. The van der Waals surface area contributed by atoms with Crippen molar-refractivity contribution in [3.8, 4) is 0 Å². The van der Waals surface area contributed by atoms with Crippen molar-refractivity contribution >= 4 is 15.9 Å². The van der Waals surface area contributed by atoms with Gasteiger partial charge >= 0.3 is 0 Å². The molecule has 0 aliphatic rings. The van der Waals surface area contributed by atoms with E-state index < -0.39 is 0 Å². The van der Waals surface area contributed by atoms with E-state index in [1.165, 1.54) is 6.07 Å². The van der Waals surface area contributed by atoms with Gasteiger partial charge in [-0.2, -0.15) is 5.10 Å². The highest BCUT2D eigenvalue weighted by atomic mass is 79.9. The highest BCUT2D eigenvalue weighted by Gasteiger charge is 2.21. The van der Waals surface area contributed by atoms with E-state index in [0.29, 0.717) is 10.9 Å². The van der Waals surface area contributed by atoms with Crippen molar-refractivity contribution < 1.29 is 4.39 Å². The van der Waals surface area contributed by atoms with Crippen molar-refractivity contribution in [1.29, 1.82) is 0 Å². The maximum absolute atomic E-state index is 13.6. The van der Waals surface area contributed by atoms with Gasteiger partial charge in [0.1, 0.15) is 5.82 Å². The molecule has 1 atom stereocenters. The Morgan fingerprint density at radius 2 is 2.15 bits per heavy atom. The van der Waals surface area contributed by atoms with Crippen molar-refractivity contribution in [2.45, 2.75) is 26.3 Å². The summed E-state index contributed by atoms with van der Waals surface area (Å²) in [6.07, 6.45) is 0.586. The highest BCUT2D eigenvalue weighted by molar-refractivity contribution is 9.10. The van der Waals surface area contributed by atoms with Gasteiger partial charge in [-0.15, -0.1) is 0 Å². The van der Waals surface area contributed by atoms with Crippen LogP contribution in [0, 0.1) is 19.7 Å². The molecular formula is C14H18BrFN4. The summed E-state index contributed by atoms with van der Waals surface area (Å²) in [6, 6.07) is 4.91. The number of aryl methyl sites for hydroxylation is 2. The Bertz CT molecular complexity index is 624. The van der Waals surface area contributed by atoms with E-state index in [-0.39, 0.29) is 11.9 Å². The molecule has 4 nitrogen and oxygen atoms in total. The Morgan fingerprint density at radius 1 is 1.45 bits per heavy atom. The monoisotopic (exact) mass is 340 g/mol. The normalized spacial score (nSPS) is 12.7. The molecular weight excluding hydrogens is 323 g/mol. The van der Waals surface area contributed by atoms with Gasteiger partial charge in [-0.1, -0.05) is 12.1 Å². The molecule has 1 unspecified atom stereocenters. The van der Waals surface area contributed by atoms with Crippen LogP contribution in [0.2, 0.25) is 0 Å². The van der Waals surface area contributed by atoms with Gasteiger partial charge < -0.3 is 0 Å². The molecule has 0 spiro atoms. The van der Waals surface area contributed by atoms with Crippen LogP contribution in [-0.2, 0) is 13.5 Å². The summed E-state index contributed by atoms with van der Waals surface area (Å²) in [7, 11) is 1.90. The molecule has 0 bridgehead atoms. The lowest BCUT2D eigenvalue weighted by Crippen LogP contribution is -2.30. The molecule has 0 radical (unpaired) electrons. The lowest BCUT2D eigenvalue weighted by molar-refractivity contribution is 0.541. The van der Waals surface area contributed by atoms with E-state index in [2.05, 4.69) is 26.5 Å².